The molecule has 1 aliphatic heterocycles. The molecule has 0 bridgehead atoms. The molecule has 6 heteroatoms. The Morgan fingerprint density at radius 3 is 2.59 bits per heavy atom. The zero-order valence-corrected chi connectivity index (χ0v) is 16.8. The maximum Gasteiger partial charge on any atom is 0.339 e. The minimum Gasteiger partial charge on any atom is -0.493 e. The van der Waals surface area contributed by atoms with Gasteiger partial charge in [-0.1, -0.05) is 24.3 Å². The second-order valence-electron chi connectivity index (χ2n) is 7.20. The highest BCUT2D eigenvalue weighted by Gasteiger charge is 2.16. The van der Waals surface area contributed by atoms with Gasteiger partial charge >= 0.3 is 5.97 Å². The van der Waals surface area contributed by atoms with Crippen LogP contribution in [0.1, 0.15) is 47.7 Å². The van der Waals surface area contributed by atoms with Gasteiger partial charge in [-0.05, 0) is 55.5 Å². The zero-order chi connectivity index (χ0) is 20.6. The minimum absolute atomic E-state index is 0.103. The van der Waals surface area contributed by atoms with Crippen LogP contribution in [0, 0.1) is 0 Å². The Kier molecular flexibility index (Phi) is 7.11. The van der Waals surface area contributed by atoms with Crippen LogP contribution >= 0.6 is 0 Å². The van der Waals surface area contributed by atoms with E-state index in [9.17, 15) is 14.7 Å². The number of carboxylic acid groups (broad SMARTS) is 1. The van der Waals surface area contributed by atoms with Crippen molar-refractivity contribution in [3.63, 3.8) is 0 Å². The van der Waals surface area contributed by atoms with E-state index in [2.05, 4.69) is 22.3 Å². The first-order chi connectivity index (χ1) is 14.1. The highest BCUT2D eigenvalue weighted by Crippen LogP contribution is 2.24. The van der Waals surface area contributed by atoms with Crippen LogP contribution in [0.5, 0.6) is 5.75 Å². The minimum atomic E-state index is -1.04. The van der Waals surface area contributed by atoms with E-state index in [-0.39, 0.29) is 17.9 Å². The molecule has 0 aromatic heterocycles. The molecule has 2 aromatic carbocycles. The summed E-state index contributed by atoms with van der Waals surface area (Å²) < 4.78 is 5.41. The molecular weight excluding hydrogens is 368 g/mol. The molecule has 1 aliphatic rings. The number of hydrogen-bond donors (Lipinski definition) is 2. The van der Waals surface area contributed by atoms with E-state index in [1.54, 1.807) is 19.1 Å². The lowest BCUT2D eigenvalue weighted by Crippen LogP contribution is -2.31. The van der Waals surface area contributed by atoms with E-state index in [1.807, 2.05) is 12.1 Å². The van der Waals surface area contributed by atoms with Crippen LogP contribution < -0.4 is 15.0 Å². The van der Waals surface area contributed by atoms with Crippen molar-refractivity contribution >= 4 is 17.6 Å². The van der Waals surface area contributed by atoms with Gasteiger partial charge in [-0.3, -0.25) is 4.79 Å². The first-order valence-electron chi connectivity index (χ1n) is 10.2. The van der Waals surface area contributed by atoms with E-state index < -0.39 is 5.97 Å². The molecule has 3 rings (SSSR count). The number of carboxylic acids is 1. The maximum absolute atomic E-state index is 12.5. The molecule has 0 atom stereocenters. The van der Waals surface area contributed by atoms with Crippen LogP contribution in [0.2, 0.25) is 0 Å². The van der Waals surface area contributed by atoms with Gasteiger partial charge in [0.25, 0.3) is 0 Å². The van der Waals surface area contributed by atoms with Gasteiger partial charge in [-0.15, -0.1) is 0 Å². The van der Waals surface area contributed by atoms with Crippen LogP contribution in [0.3, 0.4) is 0 Å². The Bertz CT molecular complexity index is 860. The standard InChI is InChI=1S/C23H28N2O4/c1-2-29-21-14-17(10-11-19(21)23(27)28)15-22(26)24-16-18-8-4-5-9-20(18)25-12-6-3-7-13-25/h4-5,8-11,14H,2-3,6-7,12-13,15-16H2,1H3,(H,24,26)(H,27,28). The molecule has 154 valence electrons. The second kappa shape index (κ2) is 9.96. The van der Waals surface area contributed by atoms with Gasteiger partial charge in [0.15, 0.2) is 0 Å². The number of hydrogen-bond acceptors (Lipinski definition) is 4. The van der Waals surface area contributed by atoms with Gasteiger partial charge in [-0.25, -0.2) is 4.79 Å². The fourth-order valence-corrected chi connectivity index (χ4v) is 3.67. The SMILES string of the molecule is CCOc1cc(CC(=O)NCc2ccccc2N2CCCCC2)ccc1C(=O)O. The van der Waals surface area contributed by atoms with E-state index in [1.165, 1.54) is 31.0 Å². The Hall–Kier alpha value is -3.02. The number of piperidine rings is 1. The quantitative estimate of drug-likeness (QED) is 0.712. The number of aromatic carboxylic acids is 1. The highest BCUT2D eigenvalue weighted by atomic mass is 16.5. The smallest absolute Gasteiger partial charge is 0.339 e. The summed E-state index contributed by atoms with van der Waals surface area (Å²) in [7, 11) is 0. The maximum atomic E-state index is 12.5. The van der Waals surface area contributed by atoms with Crippen LogP contribution in [0.25, 0.3) is 0 Å². The summed E-state index contributed by atoms with van der Waals surface area (Å²) in [6.07, 6.45) is 3.86. The summed E-state index contributed by atoms with van der Waals surface area (Å²) in [6, 6.07) is 13.0. The summed E-state index contributed by atoms with van der Waals surface area (Å²) >= 11 is 0. The Morgan fingerprint density at radius 2 is 1.86 bits per heavy atom. The predicted octanol–water partition coefficient (Wildman–Crippen LogP) is 3.63. The molecule has 1 amide bonds. The van der Waals surface area contributed by atoms with E-state index in [4.69, 9.17) is 4.74 Å². The Balaban J connectivity index is 1.63. The topological polar surface area (TPSA) is 78.9 Å². The number of carbonyl (C=O) groups is 2. The molecule has 0 radical (unpaired) electrons. The summed E-state index contributed by atoms with van der Waals surface area (Å²) in [5.74, 6) is -0.858. The van der Waals surface area contributed by atoms with Crippen molar-refractivity contribution in [3.05, 3.63) is 59.2 Å². The van der Waals surface area contributed by atoms with Gasteiger partial charge in [0.2, 0.25) is 5.91 Å². The van der Waals surface area contributed by atoms with Crippen molar-refractivity contribution in [3.8, 4) is 5.75 Å². The van der Waals surface area contributed by atoms with Crippen molar-refractivity contribution in [2.24, 2.45) is 0 Å². The van der Waals surface area contributed by atoms with Crippen LogP contribution in [0.4, 0.5) is 5.69 Å². The second-order valence-corrected chi connectivity index (χ2v) is 7.20. The third kappa shape index (κ3) is 5.50. The lowest BCUT2D eigenvalue weighted by Gasteiger charge is -2.30. The molecule has 2 aromatic rings. The molecule has 0 aliphatic carbocycles. The monoisotopic (exact) mass is 396 g/mol. The number of para-hydroxylation sites is 1. The first kappa shape index (κ1) is 20.7. The number of carbonyl (C=O) groups excluding carboxylic acids is 1. The summed E-state index contributed by atoms with van der Waals surface area (Å²) in [5, 5.41) is 12.2. The fourth-order valence-electron chi connectivity index (χ4n) is 3.67. The average molecular weight is 396 g/mol. The summed E-state index contributed by atoms with van der Waals surface area (Å²) in [6.45, 7) is 4.74. The molecule has 1 fully saturated rings. The number of nitrogens with zero attached hydrogens (tertiary/aromatic N) is 1. The fraction of sp³-hybridized carbons (Fsp3) is 0.391. The van der Waals surface area contributed by atoms with E-state index >= 15 is 0 Å². The Morgan fingerprint density at radius 1 is 1.10 bits per heavy atom. The number of rotatable bonds is 8. The van der Waals surface area contributed by atoms with Crippen LogP contribution in [0.15, 0.2) is 42.5 Å². The molecule has 6 nitrogen and oxygen atoms in total. The number of anilines is 1. The van der Waals surface area contributed by atoms with Crippen molar-refractivity contribution < 1.29 is 19.4 Å². The van der Waals surface area contributed by atoms with Gasteiger partial charge < -0.3 is 20.1 Å². The number of amides is 1. The van der Waals surface area contributed by atoms with E-state index in [0.717, 1.165) is 24.2 Å². The van der Waals surface area contributed by atoms with Gasteiger partial charge in [0.1, 0.15) is 11.3 Å². The Labute approximate surface area is 171 Å². The van der Waals surface area contributed by atoms with Crippen molar-refractivity contribution in [2.45, 2.75) is 39.2 Å². The molecule has 0 spiro atoms. The number of benzene rings is 2. The van der Waals surface area contributed by atoms with Crippen molar-refractivity contribution in [2.75, 3.05) is 24.6 Å². The molecule has 2 N–H and O–H groups in total. The molecule has 29 heavy (non-hydrogen) atoms. The molecule has 0 saturated carbocycles. The van der Waals surface area contributed by atoms with Crippen LogP contribution in [-0.2, 0) is 17.8 Å². The third-order valence-electron chi connectivity index (χ3n) is 5.11. The lowest BCUT2D eigenvalue weighted by atomic mass is 10.1. The largest absolute Gasteiger partial charge is 0.493 e. The highest BCUT2D eigenvalue weighted by molar-refractivity contribution is 5.91. The van der Waals surface area contributed by atoms with Gasteiger partial charge in [0, 0.05) is 25.3 Å². The molecule has 0 unspecified atom stereocenters. The van der Waals surface area contributed by atoms with Gasteiger partial charge in [0.05, 0.1) is 13.0 Å². The van der Waals surface area contributed by atoms with Gasteiger partial charge in [-0.2, -0.15) is 0 Å². The average Bonchev–Trinajstić information content (AvgIpc) is 2.73. The third-order valence-corrected chi connectivity index (χ3v) is 5.11. The molecular formula is C23H28N2O4. The summed E-state index contributed by atoms with van der Waals surface area (Å²) in [5.41, 5.74) is 3.13. The zero-order valence-electron chi connectivity index (χ0n) is 16.8. The predicted molar refractivity (Wildman–Crippen MR) is 113 cm³/mol. The van der Waals surface area contributed by atoms with Crippen LogP contribution in [-0.4, -0.2) is 36.7 Å². The lowest BCUT2D eigenvalue weighted by molar-refractivity contribution is -0.120. The number of nitrogens with one attached hydrogen (secondary N) is 1. The van der Waals surface area contributed by atoms with E-state index in [0.29, 0.717) is 18.9 Å². The summed E-state index contributed by atoms with van der Waals surface area (Å²) in [4.78, 5) is 26.2. The van der Waals surface area contributed by atoms with Crippen molar-refractivity contribution in [1.29, 1.82) is 0 Å². The first-order valence-corrected chi connectivity index (χ1v) is 10.2. The van der Waals surface area contributed by atoms with Crippen molar-refractivity contribution in [1.82, 2.24) is 5.32 Å². The molecule has 1 saturated heterocycles. The number of ether oxygens (including phenoxy) is 1. The molecule has 1 heterocycles. The normalized spacial score (nSPS) is 13.8.